The number of nitrogens with one attached hydrogen (secondary N) is 1. The van der Waals surface area contributed by atoms with E-state index in [0.29, 0.717) is 29.5 Å². The quantitative estimate of drug-likeness (QED) is 0.445. The maximum Gasteiger partial charge on any atom is 0.321 e. The number of anilines is 1. The monoisotopic (exact) mass is 562 g/mol. The lowest BCUT2D eigenvalue weighted by molar-refractivity contribution is 0.0356. The van der Waals surface area contributed by atoms with Crippen molar-refractivity contribution in [2.24, 2.45) is 5.92 Å². The number of methoxy groups -OCH3 is 1. The van der Waals surface area contributed by atoms with Crippen LogP contribution in [-0.2, 0) is 0 Å². The third-order valence-corrected chi connectivity index (χ3v) is 7.35. The minimum absolute atomic E-state index is 0.147. The van der Waals surface area contributed by atoms with Gasteiger partial charge >= 0.3 is 6.03 Å². The standard InChI is InChI=1S/C30H34N4O7/c1-18-14-34(19(2)16-35)29(36)24-11-21(20-6-5-7-23(10-20)38-4)13-31-28(24)41-27(18)15-33(3)30(37)32-22-8-9-25-26(12-22)40-17-39-25/h5-13,18-19,27,35H,14-17H2,1-4H3,(H,32,37)/t18-,19+,27-/m0/s1. The topological polar surface area (TPSA) is 123 Å². The van der Waals surface area contributed by atoms with Crippen LogP contribution in [0, 0.1) is 5.92 Å². The normalized spacial score (nSPS) is 18.5. The molecular weight excluding hydrogens is 528 g/mol. The maximum absolute atomic E-state index is 13.7. The molecule has 2 aliphatic rings. The first-order valence-electron chi connectivity index (χ1n) is 13.4. The van der Waals surface area contributed by atoms with Gasteiger partial charge in [-0.25, -0.2) is 9.78 Å². The summed E-state index contributed by atoms with van der Waals surface area (Å²) < 4.78 is 22.4. The molecule has 0 fully saturated rings. The highest BCUT2D eigenvalue weighted by atomic mass is 16.7. The minimum Gasteiger partial charge on any atom is -0.497 e. The number of fused-ring (bicyclic) bond motifs is 2. The molecule has 11 heteroatoms. The molecule has 3 atom stereocenters. The van der Waals surface area contributed by atoms with Gasteiger partial charge in [-0.05, 0) is 42.8 Å². The number of aliphatic hydroxyl groups is 1. The summed E-state index contributed by atoms with van der Waals surface area (Å²) in [4.78, 5) is 34.5. The van der Waals surface area contributed by atoms with Gasteiger partial charge in [-0.3, -0.25) is 4.79 Å². The number of hydrogen-bond acceptors (Lipinski definition) is 8. The highest BCUT2D eigenvalue weighted by Crippen LogP contribution is 2.35. The molecule has 1 aromatic heterocycles. The van der Waals surface area contributed by atoms with Crippen molar-refractivity contribution in [3.8, 4) is 34.3 Å². The number of ether oxygens (including phenoxy) is 4. The van der Waals surface area contributed by atoms with Gasteiger partial charge in [0.15, 0.2) is 11.5 Å². The molecule has 216 valence electrons. The van der Waals surface area contributed by atoms with Gasteiger partial charge in [-0.2, -0.15) is 0 Å². The second-order valence-electron chi connectivity index (χ2n) is 10.3. The summed E-state index contributed by atoms with van der Waals surface area (Å²) in [5.74, 6) is 1.60. The predicted molar refractivity (Wildman–Crippen MR) is 152 cm³/mol. The van der Waals surface area contributed by atoms with E-state index >= 15 is 0 Å². The average Bonchev–Trinajstić information content (AvgIpc) is 3.46. The minimum atomic E-state index is -0.488. The van der Waals surface area contributed by atoms with E-state index < -0.39 is 12.1 Å². The fourth-order valence-corrected chi connectivity index (χ4v) is 4.83. The molecule has 3 amide bonds. The van der Waals surface area contributed by atoms with Crippen molar-refractivity contribution < 1.29 is 33.6 Å². The van der Waals surface area contributed by atoms with Crippen molar-refractivity contribution in [1.82, 2.24) is 14.8 Å². The molecule has 0 saturated heterocycles. The van der Waals surface area contributed by atoms with Crippen LogP contribution in [-0.4, -0.2) is 84.6 Å². The molecule has 0 aliphatic carbocycles. The van der Waals surface area contributed by atoms with Crippen LogP contribution in [0.15, 0.2) is 54.7 Å². The molecule has 0 unspecified atom stereocenters. The number of aromatic nitrogens is 1. The molecule has 2 aliphatic heterocycles. The molecule has 3 aromatic rings. The summed E-state index contributed by atoms with van der Waals surface area (Å²) in [6, 6.07) is 13.7. The van der Waals surface area contributed by atoms with E-state index in [2.05, 4.69) is 10.3 Å². The Balaban J connectivity index is 1.40. The number of urea groups is 1. The molecule has 3 heterocycles. The highest BCUT2D eigenvalue weighted by Gasteiger charge is 2.35. The Morgan fingerprint density at radius 1 is 1.20 bits per heavy atom. The first kappa shape index (κ1) is 28.0. The maximum atomic E-state index is 13.7. The fourth-order valence-electron chi connectivity index (χ4n) is 4.83. The largest absolute Gasteiger partial charge is 0.497 e. The van der Waals surface area contributed by atoms with Gasteiger partial charge in [0.25, 0.3) is 5.91 Å². The Morgan fingerprint density at radius 2 is 2.00 bits per heavy atom. The number of aliphatic hydroxyl groups excluding tert-OH is 1. The number of nitrogens with zero attached hydrogens (tertiary/aromatic N) is 3. The first-order valence-corrected chi connectivity index (χ1v) is 13.4. The van der Waals surface area contributed by atoms with Gasteiger partial charge in [-0.1, -0.05) is 19.1 Å². The van der Waals surface area contributed by atoms with Crippen LogP contribution >= 0.6 is 0 Å². The molecule has 11 nitrogen and oxygen atoms in total. The van der Waals surface area contributed by atoms with E-state index in [-0.39, 0.29) is 49.2 Å². The Bertz CT molecular complexity index is 1430. The first-order chi connectivity index (χ1) is 19.8. The summed E-state index contributed by atoms with van der Waals surface area (Å²) in [5.41, 5.74) is 2.42. The van der Waals surface area contributed by atoms with Crippen molar-refractivity contribution in [2.75, 3.05) is 46.0 Å². The number of carbonyl (C=O) groups is 2. The predicted octanol–water partition coefficient (Wildman–Crippen LogP) is 3.87. The van der Waals surface area contributed by atoms with Crippen molar-refractivity contribution >= 4 is 17.6 Å². The Morgan fingerprint density at radius 3 is 2.78 bits per heavy atom. The van der Waals surface area contributed by atoms with Gasteiger partial charge in [-0.15, -0.1) is 0 Å². The zero-order valence-electron chi connectivity index (χ0n) is 23.5. The van der Waals surface area contributed by atoms with Crippen molar-refractivity contribution in [2.45, 2.75) is 26.0 Å². The summed E-state index contributed by atoms with van der Waals surface area (Å²) in [5, 5.41) is 12.8. The van der Waals surface area contributed by atoms with Crippen molar-refractivity contribution in [1.29, 1.82) is 0 Å². The van der Waals surface area contributed by atoms with E-state index in [1.807, 2.05) is 31.2 Å². The van der Waals surface area contributed by atoms with Crippen LogP contribution < -0.4 is 24.3 Å². The Hall–Kier alpha value is -4.51. The number of carbonyl (C=O) groups excluding carboxylic acids is 2. The molecule has 0 radical (unpaired) electrons. The van der Waals surface area contributed by atoms with Gasteiger partial charge in [0.2, 0.25) is 12.7 Å². The summed E-state index contributed by atoms with van der Waals surface area (Å²) in [7, 11) is 3.27. The van der Waals surface area contributed by atoms with Crippen LogP contribution in [0.4, 0.5) is 10.5 Å². The molecule has 2 aromatic carbocycles. The molecule has 0 bridgehead atoms. The second kappa shape index (κ2) is 11.9. The lowest BCUT2D eigenvalue weighted by Gasteiger charge is -2.37. The van der Waals surface area contributed by atoms with E-state index in [4.69, 9.17) is 18.9 Å². The number of rotatable bonds is 7. The van der Waals surface area contributed by atoms with Gasteiger partial charge in [0, 0.05) is 43.0 Å². The summed E-state index contributed by atoms with van der Waals surface area (Å²) >= 11 is 0. The van der Waals surface area contributed by atoms with Crippen LogP contribution in [0.1, 0.15) is 24.2 Å². The molecule has 5 rings (SSSR count). The van der Waals surface area contributed by atoms with Crippen LogP contribution in [0.5, 0.6) is 23.1 Å². The number of amides is 3. The second-order valence-corrected chi connectivity index (χ2v) is 10.3. The molecular formula is C30H34N4O7. The number of benzene rings is 2. The SMILES string of the molecule is COc1cccc(-c2cnc3c(c2)C(=O)N([C@H](C)CO)C[C@H](C)[C@H](CN(C)C(=O)Nc2ccc4c(c2)OCO4)O3)c1. The third-order valence-electron chi connectivity index (χ3n) is 7.35. The lowest BCUT2D eigenvalue weighted by atomic mass is 9.99. The van der Waals surface area contributed by atoms with Crippen LogP contribution in [0.3, 0.4) is 0 Å². The van der Waals surface area contributed by atoms with E-state index in [1.54, 1.807) is 56.4 Å². The zero-order valence-corrected chi connectivity index (χ0v) is 23.5. The van der Waals surface area contributed by atoms with Gasteiger partial charge in [0.1, 0.15) is 17.4 Å². The molecule has 2 N–H and O–H groups in total. The Kier molecular flexibility index (Phi) is 8.16. The molecule has 0 spiro atoms. The van der Waals surface area contributed by atoms with E-state index in [0.717, 1.165) is 11.1 Å². The highest BCUT2D eigenvalue weighted by molar-refractivity contribution is 5.98. The smallest absolute Gasteiger partial charge is 0.321 e. The molecule has 41 heavy (non-hydrogen) atoms. The Labute approximate surface area is 238 Å². The summed E-state index contributed by atoms with van der Waals surface area (Å²) in [6.07, 6.45) is 1.16. The van der Waals surface area contributed by atoms with Crippen LogP contribution in [0.25, 0.3) is 11.1 Å². The third kappa shape index (κ3) is 5.99. The average molecular weight is 563 g/mol. The van der Waals surface area contributed by atoms with Gasteiger partial charge in [0.05, 0.1) is 26.3 Å². The summed E-state index contributed by atoms with van der Waals surface area (Å²) in [6.45, 7) is 4.26. The van der Waals surface area contributed by atoms with Crippen LogP contribution in [0.2, 0.25) is 0 Å². The van der Waals surface area contributed by atoms with Gasteiger partial charge < -0.3 is 39.2 Å². The lowest BCUT2D eigenvalue weighted by Crippen LogP contribution is -2.50. The van der Waals surface area contributed by atoms with E-state index in [1.165, 1.54) is 4.90 Å². The number of likely N-dealkylation sites (N-methyl/N-ethyl adjacent to an activating group) is 1. The van der Waals surface area contributed by atoms with Crippen molar-refractivity contribution in [3.05, 3.63) is 60.3 Å². The molecule has 0 saturated carbocycles. The fraction of sp³-hybridized carbons (Fsp3) is 0.367. The van der Waals surface area contributed by atoms with Crippen molar-refractivity contribution in [3.63, 3.8) is 0 Å². The van der Waals surface area contributed by atoms with E-state index in [9.17, 15) is 14.7 Å². The number of pyridine rings is 1. The number of hydrogen-bond donors (Lipinski definition) is 2. The zero-order chi connectivity index (χ0) is 29.1.